The molecule has 1 aliphatic heterocycles. The summed E-state index contributed by atoms with van der Waals surface area (Å²) in [4.78, 5) is 5.43. The number of alkyl halides is 2. The van der Waals surface area contributed by atoms with Crippen molar-refractivity contribution < 1.29 is 21.9 Å². The van der Waals surface area contributed by atoms with Gasteiger partial charge in [-0.1, -0.05) is 11.3 Å². The van der Waals surface area contributed by atoms with Crippen LogP contribution in [-0.2, 0) is 21.8 Å². The van der Waals surface area contributed by atoms with Crippen molar-refractivity contribution in [3.63, 3.8) is 0 Å². The number of ether oxygens (including phenoxy) is 1. The number of nitrogens with zero attached hydrogens (tertiary/aromatic N) is 6. The van der Waals surface area contributed by atoms with Crippen molar-refractivity contribution in [2.24, 2.45) is 7.05 Å². The Balaban J connectivity index is 1.70. The van der Waals surface area contributed by atoms with Crippen LogP contribution in [0.4, 0.5) is 14.5 Å². The van der Waals surface area contributed by atoms with Crippen molar-refractivity contribution in [2.75, 3.05) is 24.6 Å². The first-order chi connectivity index (χ1) is 16.1. The quantitative estimate of drug-likeness (QED) is 0.509. The minimum atomic E-state index is -4.04. The van der Waals surface area contributed by atoms with Gasteiger partial charge in [0.25, 0.3) is 12.1 Å². The van der Waals surface area contributed by atoms with Crippen LogP contribution in [0.1, 0.15) is 31.2 Å². The van der Waals surface area contributed by atoms with Gasteiger partial charge in [-0.2, -0.15) is 5.10 Å². The highest BCUT2D eigenvalue weighted by atomic mass is 32.2. The van der Waals surface area contributed by atoms with E-state index >= 15 is 0 Å². The lowest BCUT2D eigenvalue weighted by molar-refractivity contribution is 0.0533. The molecule has 180 valence electrons. The van der Waals surface area contributed by atoms with Crippen LogP contribution in [0.25, 0.3) is 26.4 Å². The van der Waals surface area contributed by atoms with Gasteiger partial charge in [0.05, 0.1) is 41.7 Å². The summed E-state index contributed by atoms with van der Waals surface area (Å²) in [6.45, 7) is 10.8. The molecule has 3 aromatic rings. The standard InChI is InChI=1S/C20H21F2N7O3S2/c1-11-10-29(6-7-32-11)14-9-12(34(30,31)27-20(23-2)4-5-20)8-13-15(26-28(3)16(13)14)18-24-25-19(33-18)17(21)22/h8-9,11,17,27H,4-7,10H2,1,3H3/t11-/m0/s1. The highest BCUT2D eigenvalue weighted by Gasteiger charge is 2.54. The van der Waals surface area contributed by atoms with Crippen LogP contribution in [-0.4, -0.2) is 59.9 Å². The Morgan fingerprint density at radius 3 is 2.74 bits per heavy atom. The number of aromatic nitrogens is 4. The number of rotatable bonds is 6. The molecule has 3 heterocycles. The normalized spacial score (nSPS) is 20.1. The molecule has 0 spiro atoms. The van der Waals surface area contributed by atoms with E-state index in [1.807, 2.05) is 11.8 Å². The number of fused-ring (bicyclic) bond motifs is 1. The fourth-order valence-corrected chi connectivity index (χ4v) is 6.15. The van der Waals surface area contributed by atoms with E-state index in [-0.39, 0.29) is 21.7 Å². The first kappa shape index (κ1) is 23.0. The molecule has 1 atom stereocenters. The van der Waals surface area contributed by atoms with Crippen LogP contribution < -0.4 is 9.62 Å². The maximum atomic E-state index is 13.3. The van der Waals surface area contributed by atoms with E-state index in [0.717, 1.165) is 0 Å². The van der Waals surface area contributed by atoms with Gasteiger partial charge in [-0.3, -0.25) is 9.53 Å². The number of benzene rings is 1. The first-order valence-corrected chi connectivity index (χ1v) is 12.8. The number of hydrogen-bond acceptors (Lipinski definition) is 8. The molecule has 0 bridgehead atoms. The number of sulfonamides is 1. The average Bonchev–Trinajstić information content (AvgIpc) is 3.23. The SMILES string of the molecule is [C-]#[N+]C1(NS(=O)(=O)c2cc(N3CCO[C@@H](C)C3)c3c(c2)c(-c2nnc(C(F)F)s2)nn3C)CC1. The van der Waals surface area contributed by atoms with Gasteiger partial charge >= 0.3 is 0 Å². The summed E-state index contributed by atoms with van der Waals surface area (Å²) < 4.78 is 62.6. The number of hydrogen-bond donors (Lipinski definition) is 1. The smallest absolute Gasteiger partial charge is 0.299 e. The molecule has 2 fully saturated rings. The maximum Gasteiger partial charge on any atom is 0.299 e. The van der Waals surface area contributed by atoms with Crippen LogP contribution in [0.5, 0.6) is 0 Å². The highest BCUT2D eigenvalue weighted by Crippen LogP contribution is 2.41. The zero-order valence-corrected chi connectivity index (χ0v) is 20.0. The van der Waals surface area contributed by atoms with Crippen LogP contribution in [0.3, 0.4) is 0 Å². The molecule has 0 unspecified atom stereocenters. The third-order valence-electron chi connectivity index (χ3n) is 5.88. The van der Waals surface area contributed by atoms with Gasteiger partial charge in [-0.15, -0.1) is 14.9 Å². The first-order valence-electron chi connectivity index (χ1n) is 10.5. The molecule has 1 aliphatic carbocycles. The Morgan fingerprint density at radius 2 is 2.12 bits per heavy atom. The van der Waals surface area contributed by atoms with E-state index in [2.05, 4.69) is 24.9 Å². The molecular formula is C20H21F2N7O3S2. The zero-order chi connectivity index (χ0) is 24.3. The van der Waals surface area contributed by atoms with Gasteiger partial charge in [0, 0.05) is 25.5 Å². The Labute approximate surface area is 198 Å². The van der Waals surface area contributed by atoms with E-state index in [4.69, 9.17) is 11.3 Å². The van der Waals surface area contributed by atoms with Crippen LogP contribution in [0, 0.1) is 6.57 Å². The minimum absolute atomic E-state index is 0.0306. The van der Waals surface area contributed by atoms with Crippen molar-refractivity contribution in [3.05, 3.63) is 28.6 Å². The molecule has 2 aromatic heterocycles. The van der Waals surface area contributed by atoms with Crippen molar-refractivity contribution in [3.8, 4) is 10.7 Å². The summed E-state index contributed by atoms with van der Waals surface area (Å²) in [5.74, 6) is 0. The van der Waals surface area contributed by atoms with Gasteiger partial charge in [0.1, 0.15) is 5.69 Å². The Kier molecular flexibility index (Phi) is 5.55. The Bertz CT molecular complexity index is 1410. The fraction of sp³-hybridized carbons (Fsp3) is 0.500. The monoisotopic (exact) mass is 509 g/mol. The van der Waals surface area contributed by atoms with Crippen LogP contribution in [0.15, 0.2) is 17.0 Å². The van der Waals surface area contributed by atoms with Crippen molar-refractivity contribution in [2.45, 2.75) is 42.9 Å². The van der Waals surface area contributed by atoms with Crippen molar-refractivity contribution in [1.82, 2.24) is 24.7 Å². The summed E-state index contributed by atoms with van der Waals surface area (Å²) in [6.07, 6.45) is -1.94. The topological polar surface area (TPSA) is 107 Å². The van der Waals surface area contributed by atoms with Gasteiger partial charge < -0.3 is 9.64 Å². The maximum absolute atomic E-state index is 13.3. The third-order valence-corrected chi connectivity index (χ3v) is 8.32. The van der Waals surface area contributed by atoms with E-state index in [1.165, 1.54) is 6.07 Å². The lowest BCUT2D eigenvalue weighted by Crippen LogP contribution is -2.41. The molecular weight excluding hydrogens is 488 g/mol. The second kappa shape index (κ2) is 8.19. The van der Waals surface area contributed by atoms with Gasteiger partial charge in [0.15, 0.2) is 10.0 Å². The lowest BCUT2D eigenvalue weighted by Gasteiger charge is -2.33. The molecule has 10 nitrogen and oxygen atoms in total. The van der Waals surface area contributed by atoms with Crippen LogP contribution in [0.2, 0.25) is 0 Å². The summed E-state index contributed by atoms with van der Waals surface area (Å²) in [5.41, 5.74) is 0.432. The van der Waals surface area contributed by atoms with Crippen molar-refractivity contribution >= 4 is 38.0 Å². The highest BCUT2D eigenvalue weighted by molar-refractivity contribution is 7.89. The zero-order valence-electron chi connectivity index (χ0n) is 18.3. The molecule has 2 aliphatic rings. The summed E-state index contributed by atoms with van der Waals surface area (Å²) in [5, 5.41) is 12.1. The summed E-state index contributed by atoms with van der Waals surface area (Å²) in [7, 11) is -2.34. The number of nitrogens with one attached hydrogen (secondary N) is 1. The average molecular weight is 510 g/mol. The van der Waals surface area contributed by atoms with Gasteiger partial charge in [0.2, 0.25) is 10.0 Å². The summed E-state index contributed by atoms with van der Waals surface area (Å²) >= 11 is 0.715. The molecule has 1 saturated heterocycles. The van der Waals surface area contributed by atoms with E-state index in [0.29, 0.717) is 60.5 Å². The minimum Gasteiger partial charge on any atom is -0.375 e. The Morgan fingerprint density at radius 1 is 1.35 bits per heavy atom. The van der Waals surface area contributed by atoms with E-state index in [9.17, 15) is 17.2 Å². The van der Waals surface area contributed by atoms with E-state index < -0.39 is 27.1 Å². The van der Waals surface area contributed by atoms with E-state index in [1.54, 1.807) is 17.8 Å². The summed E-state index contributed by atoms with van der Waals surface area (Å²) in [6, 6.07) is 3.02. The number of aryl methyl sites for hydroxylation is 1. The fourth-order valence-electron chi connectivity index (χ4n) is 4.04. The largest absolute Gasteiger partial charge is 0.375 e. The van der Waals surface area contributed by atoms with Crippen LogP contribution >= 0.6 is 11.3 Å². The molecule has 0 radical (unpaired) electrons. The van der Waals surface area contributed by atoms with Crippen molar-refractivity contribution in [1.29, 1.82) is 0 Å². The molecule has 14 heteroatoms. The number of halogens is 2. The van der Waals surface area contributed by atoms with Gasteiger partial charge in [-0.25, -0.2) is 23.8 Å². The number of morpholine rings is 1. The van der Waals surface area contributed by atoms with Gasteiger partial charge in [-0.05, 0) is 19.1 Å². The molecule has 0 amide bonds. The second-order valence-electron chi connectivity index (χ2n) is 8.43. The lowest BCUT2D eigenvalue weighted by atomic mass is 10.1. The number of anilines is 1. The predicted molar refractivity (Wildman–Crippen MR) is 121 cm³/mol. The predicted octanol–water partition coefficient (Wildman–Crippen LogP) is 2.94. The molecule has 1 aromatic carbocycles. The second-order valence-corrected chi connectivity index (χ2v) is 11.1. The molecule has 5 rings (SSSR count). The molecule has 1 saturated carbocycles. The molecule has 34 heavy (non-hydrogen) atoms. The molecule has 1 N–H and O–H groups in total. The Hall–Kier alpha value is -2.73. The third kappa shape index (κ3) is 4.02.